The molecule has 0 radical (unpaired) electrons. The predicted octanol–water partition coefficient (Wildman–Crippen LogP) is 2.30. The van der Waals surface area contributed by atoms with E-state index in [2.05, 4.69) is 26.9 Å². The molecule has 45 heavy (non-hydrogen) atoms. The molecule has 1 aromatic heterocycles. The zero-order valence-corrected chi connectivity index (χ0v) is 27.3. The number of hydrogen-bond acceptors (Lipinski definition) is 8. The smallest absolute Gasteiger partial charge is 0.243 e. The van der Waals surface area contributed by atoms with Crippen molar-refractivity contribution in [1.82, 2.24) is 25.8 Å². The predicted molar refractivity (Wildman–Crippen MR) is 176 cm³/mol. The van der Waals surface area contributed by atoms with Crippen LogP contribution < -0.4 is 16.0 Å². The number of aliphatic hydroxyl groups is 2. The van der Waals surface area contributed by atoms with Gasteiger partial charge < -0.3 is 31.1 Å². The van der Waals surface area contributed by atoms with Crippen LogP contribution in [0.2, 0.25) is 0 Å². The van der Waals surface area contributed by atoms with Crippen LogP contribution >= 0.6 is 11.3 Å². The van der Waals surface area contributed by atoms with Gasteiger partial charge >= 0.3 is 0 Å². The fourth-order valence-corrected chi connectivity index (χ4v) is 6.40. The second-order valence-corrected chi connectivity index (χ2v) is 12.8. The lowest BCUT2D eigenvalue weighted by Crippen LogP contribution is -2.56. The molecule has 1 saturated carbocycles. The lowest BCUT2D eigenvalue weighted by molar-refractivity contribution is -0.136. The highest BCUT2D eigenvalue weighted by atomic mass is 32.1. The number of likely N-dealkylation sites (N-methyl/N-ethyl adjacent to an activating group) is 2. The SMILES string of the molecule is C#CC[C@H](O)[C@H](O)[C@H](CC1CCCCC1)NC(=O)[C@H](Cc1cscn1)NC(=O)[C@@H](CC(=O)N(C)CCNC)Cc1ccccc1. The van der Waals surface area contributed by atoms with Crippen molar-refractivity contribution in [3.05, 3.63) is 52.5 Å². The van der Waals surface area contributed by atoms with Crippen molar-refractivity contribution in [2.45, 2.75) is 88.5 Å². The van der Waals surface area contributed by atoms with Gasteiger partial charge in [0.15, 0.2) is 0 Å². The van der Waals surface area contributed by atoms with E-state index in [0.717, 1.165) is 37.7 Å². The summed E-state index contributed by atoms with van der Waals surface area (Å²) in [5.41, 5.74) is 3.21. The number of aliphatic hydroxyl groups excluding tert-OH is 2. The molecule has 5 atom stereocenters. The lowest BCUT2D eigenvalue weighted by atomic mass is 9.82. The van der Waals surface area contributed by atoms with Gasteiger partial charge in [0.05, 0.1) is 29.3 Å². The van der Waals surface area contributed by atoms with Crippen LogP contribution in [0.1, 0.15) is 62.6 Å². The average Bonchev–Trinajstić information content (AvgIpc) is 3.56. The summed E-state index contributed by atoms with van der Waals surface area (Å²) < 4.78 is 0. The maximum Gasteiger partial charge on any atom is 0.243 e. The van der Waals surface area contributed by atoms with Crippen LogP contribution in [0.4, 0.5) is 0 Å². The molecule has 3 amide bonds. The van der Waals surface area contributed by atoms with Gasteiger partial charge in [0.25, 0.3) is 0 Å². The molecule has 246 valence electrons. The fraction of sp³-hybridized carbons (Fsp3) is 0.588. The molecule has 3 rings (SSSR count). The Hall–Kier alpha value is -3.30. The zero-order valence-electron chi connectivity index (χ0n) is 26.5. The largest absolute Gasteiger partial charge is 0.389 e. The summed E-state index contributed by atoms with van der Waals surface area (Å²) in [6.45, 7) is 1.12. The highest BCUT2D eigenvalue weighted by molar-refractivity contribution is 7.07. The second-order valence-electron chi connectivity index (χ2n) is 12.1. The fourth-order valence-electron chi connectivity index (χ4n) is 5.83. The number of carbonyl (C=O) groups excluding carboxylic acids is 3. The van der Waals surface area contributed by atoms with Crippen LogP contribution in [0.25, 0.3) is 0 Å². The molecule has 0 unspecified atom stereocenters. The summed E-state index contributed by atoms with van der Waals surface area (Å²) in [5.74, 6) is 0.893. The van der Waals surface area contributed by atoms with Gasteiger partial charge in [-0.2, -0.15) is 0 Å². The molecular weight excluding hydrogens is 590 g/mol. The Balaban J connectivity index is 1.82. The van der Waals surface area contributed by atoms with Gasteiger partial charge in [-0.25, -0.2) is 4.98 Å². The van der Waals surface area contributed by atoms with Crippen LogP contribution in [0, 0.1) is 24.2 Å². The molecule has 0 spiro atoms. The Morgan fingerprint density at radius 2 is 1.82 bits per heavy atom. The van der Waals surface area contributed by atoms with Crippen molar-refractivity contribution in [3.8, 4) is 12.3 Å². The van der Waals surface area contributed by atoms with E-state index in [-0.39, 0.29) is 25.2 Å². The third-order valence-electron chi connectivity index (χ3n) is 8.54. The summed E-state index contributed by atoms with van der Waals surface area (Å²) in [5, 5.41) is 32.3. The number of thiazole rings is 1. The van der Waals surface area contributed by atoms with Crippen molar-refractivity contribution in [1.29, 1.82) is 0 Å². The first-order valence-corrected chi connectivity index (χ1v) is 16.9. The van der Waals surface area contributed by atoms with E-state index in [0.29, 0.717) is 37.5 Å². The minimum Gasteiger partial charge on any atom is -0.389 e. The number of rotatable bonds is 18. The first-order valence-electron chi connectivity index (χ1n) is 15.9. The van der Waals surface area contributed by atoms with Crippen molar-refractivity contribution in [2.75, 3.05) is 27.2 Å². The summed E-state index contributed by atoms with van der Waals surface area (Å²) >= 11 is 1.39. The van der Waals surface area contributed by atoms with Crippen molar-refractivity contribution < 1.29 is 24.6 Å². The lowest BCUT2D eigenvalue weighted by Gasteiger charge is -2.33. The first-order chi connectivity index (χ1) is 21.7. The van der Waals surface area contributed by atoms with Crippen LogP contribution in [0.15, 0.2) is 41.2 Å². The normalized spacial score (nSPS) is 16.9. The number of amides is 3. The van der Waals surface area contributed by atoms with E-state index in [9.17, 15) is 24.6 Å². The Morgan fingerprint density at radius 3 is 2.47 bits per heavy atom. The van der Waals surface area contributed by atoms with E-state index in [4.69, 9.17) is 6.42 Å². The molecule has 2 aromatic rings. The van der Waals surface area contributed by atoms with E-state index in [1.165, 1.54) is 11.3 Å². The second kappa shape index (κ2) is 19.3. The number of nitrogens with one attached hydrogen (secondary N) is 3. The van der Waals surface area contributed by atoms with Gasteiger partial charge in [0.2, 0.25) is 17.7 Å². The van der Waals surface area contributed by atoms with Crippen LogP contribution in [0.3, 0.4) is 0 Å². The molecule has 1 fully saturated rings. The molecule has 1 heterocycles. The minimum atomic E-state index is -1.26. The van der Waals surface area contributed by atoms with Gasteiger partial charge in [-0.3, -0.25) is 14.4 Å². The number of nitrogens with zero attached hydrogens (tertiary/aromatic N) is 2. The van der Waals surface area contributed by atoms with Crippen molar-refractivity contribution >= 4 is 29.1 Å². The Morgan fingerprint density at radius 1 is 1.09 bits per heavy atom. The monoisotopic (exact) mass is 639 g/mol. The number of terminal acetylenes is 1. The van der Waals surface area contributed by atoms with Crippen LogP contribution in [-0.2, 0) is 27.2 Å². The standard InChI is InChI=1S/C34H49N5O5S/c1-4-11-30(40)32(42)28(19-25-14-9-6-10-15-25)37-34(44)29(21-27-22-45-23-36-27)38-33(43)26(18-24-12-7-5-8-13-24)20-31(41)39(3)17-16-35-2/h1,5,7-8,12-13,22-23,25-26,28-30,32,35,40,42H,6,9-11,14-21H2,2-3H3,(H,37,44)(H,38,43)/t26-,28+,29+,30+,32-/m1/s1. The molecule has 11 heteroatoms. The summed E-state index contributed by atoms with van der Waals surface area (Å²) in [6.07, 6.45) is 9.13. The van der Waals surface area contributed by atoms with E-state index < -0.39 is 42.0 Å². The molecule has 1 aliphatic carbocycles. The Bertz CT molecular complexity index is 1220. The van der Waals surface area contributed by atoms with Crippen LogP contribution in [0.5, 0.6) is 0 Å². The van der Waals surface area contributed by atoms with Crippen molar-refractivity contribution in [2.24, 2.45) is 11.8 Å². The zero-order chi connectivity index (χ0) is 32.6. The molecular formula is C34H49N5O5S. The summed E-state index contributed by atoms with van der Waals surface area (Å²) in [4.78, 5) is 46.8. The molecule has 0 saturated heterocycles. The molecule has 1 aromatic carbocycles. The molecule has 0 aliphatic heterocycles. The first kappa shape index (κ1) is 36.2. The van der Waals surface area contributed by atoms with Gasteiger partial charge in [-0.1, -0.05) is 62.4 Å². The number of aromatic nitrogens is 1. The molecule has 0 bridgehead atoms. The number of benzene rings is 1. The van der Waals surface area contributed by atoms with Gasteiger partial charge in [0, 0.05) is 44.8 Å². The third kappa shape index (κ3) is 12.2. The van der Waals surface area contributed by atoms with E-state index >= 15 is 0 Å². The average molecular weight is 640 g/mol. The van der Waals surface area contributed by atoms with E-state index in [1.807, 2.05) is 42.8 Å². The van der Waals surface area contributed by atoms with Gasteiger partial charge in [-0.05, 0) is 31.4 Å². The minimum absolute atomic E-state index is 0.0206. The van der Waals surface area contributed by atoms with E-state index in [1.54, 1.807) is 17.5 Å². The summed E-state index contributed by atoms with van der Waals surface area (Å²) in [7, 11) is 3.52. The maximum atomic E-state index is 13.9. The third-order valence-corrected chi connectivity index (χ3v) is 9.18. The van der Waals surface area contributed by atoms with Gasteiger partial charge in [0.1, 0.15) is 12.1 Å². The number of carbonyl (C=O) groups is 3. The highest BCUT2D eigenvalue weighted by Crippen LogP contribution is 2.29. The highest BCUT2D eigenvalue weighted by Gasteiger charge is 2.34. The van der Waals surface area contributed by atoms with Crippen molar-refractivity contribution in [3.63, 3.8) is 0 Å². The van der Waals surface area contributed by atoms with Crippen LogP contribution in [-0.4, -0.2) is 89.3 Å². The molecule has 1 aliphatic rings. The topological polar surface area (TPSA) is 144 Å². The summed E-state index contributed by atoms with van der Waals surface area (Å²) in [6, 6.07) is 7.72. The quantitative estimate of drug-likeness (QED) is 0.158. The molecule has 10 nitrogen and oxygen atoms in total. The molecule has 5 N–H and O–H groups in total. The number of hydrogen-bond donors (Lipinski definition) is 5. The Kier molecular flexibility index (Phi) is 15.5. The maximum absolute atomic E-state index is 13.9. The van der Waals surface area contributed by atoms with Gasteiger partial charge in [-0.15, -0.1) is 23.7 Å². The Labute approximate surface area is 271 Å².